The minimum absolute atomic E-state index is 0.284. The van der Waals surface area contributed by atoms with Crippen molar-refractivity contribution in [2.24, 2.45) is 0 Å². The second kappa shape index (κ2) is 3.70. The van der Waals surface area contributed by atoms with Crippen LogP contribution < -0.4 is 0 Å². The lowest BCUT2D eigenvalue weighted by atomic mass is 9.94. The molecule has 0 bridgehead atoms. The van der Waals surface area contributed by atoms with E-state index in [2.05, 4.69) is 4.98 Å². The smallest absolute Gasteiger partial charge is 0.149 e. The van der Waals surface area contributed by atoms with Crippen molar-refractivity contribution < 1.29 is 4.39 Å². The predicted octanol–water partition coefficient (Wildman–Crippen LogP) is 3.91. The van der Waals surface area contributed by atoms with Crippen LogP contribution in [0.2, 0.25) is 5.02 Å². The normalized spacial score (nSPS) is 15.1. The molecule has 82 valence electrons. The van der Waals surface area contributed by atoms with Crippen molar-refractivity contribution in [2.45, 2.75) is 25.7 Å². The van der Waals surface area contributed by atoms with E-state index in [-0.39, 0.29) is 5.82 Å². The fourth-order valence-corrected chi connectivity index (χ4v) is 2.71. The summed E-state index contributed by atoms with van der Waals surface area (Å²) in [6, 6.07) is 4.95. The van der Waals surface area contributed by atoms with Gasteiger partial charge in [-0.1, -0.05) is 23.7 Å². The highest BCUT2D eigenvalue weighted by molar-refractivity contribution is 6.36. The summed E-state index contributed by atoms with van der Waals surface area (Å²) in [6.45, 7) is 0. The lowest BCUT2D eigenvalue weighted by Gasteiger charge is -2.17. The first-order valence-electron chi connectivity index (χ1n) is 5.53. The molecular weight excluding hydrogens is 225 g/mol. The summed E-state index contributed by atoms with van der Waals surface area (Å²) >= 11 is 6.32. The number of aromatic nitrogens is 1. The zero-order chi connectivity index (χ0) is 11.1. The number of halogens is 2. The van der Waals surface area contributed by atoms with E-state index in [1.54, 1.807) is 6.07 Å². The summed E-state index contributed by atoms with van der Waals surface area (Å²) in [5.41, 5.74) is 2.51. The Hall–Kier alpha value is -1.15. The lowest BCUT2D eigenvalue weighted by Crippen LogP contribution is -2.07. The van der Waals surface area contributed by atoms with Crippen LogP contribution in [-0.4, -0.2) is 4.98 Å². The van der Waals surface area contributed by atoms with Gasteiger partial charge in [-0.3, -0.25) is 0 Å². The van der Waals surface area contributed by atoms with Crippen LogP contribution >= 0.6 is 11.6 Å². The van der Waals surface area contributed by atoms with Gasteiger partial charge in [0, 0.05) is 11.1 Å². The summed E-state index contributed by atoms with van der Waals surface area (Å²) in [4.78, 5) is 4.42. The van der Waals surface area contributed by atoms with Crippen LogP contribution in [0, 0.1) is 5.82 Å². The molecule has 1 aliphatic carbocycles. The number of nitrogens with zero attached hydrogens (tertiary/aromatic N) is 1. The molecule has 0 spiro atoms. The molecule has 3 heteroatoms. The molecule has 0 radical (unpaired) electrons. The third kappa shape index (κ3) is 1.40. The first-order valence-corrected chi connectivity index (χ1v) is 5.90. The molecule has 3 rings (SSSR count). The van der Waals surface area contributed by atoms with Crippen molar-refractivity contribution in [1.82, 2.24) is 4.98 Å². The van der Waals surface area contributed by atoms with Crippen molar-refractivity contribution in [3.8, 4) is 0 Å². The molecule has 0 N–H and O–H groups in total. The molecule has 0 saturated carbocycles. The van der Waals surface area contributed by atoms with E-state index in [1.807, 2.05) is 6.07 Å². The summed E-state index contributed by atoms with van der Waals surface area (Å²) < 4.78 is 13.6. The van der Waals surface area contributed by atoms with Crippen LogP contribution in [0.5, 0.6) is 0 Å². The molecule has 1 aromatic carbocycles. The van der Waals surface area contributed by atoms with E-state index < -0.39 is 0 Å². The minimum Gasteiger partial charge on any atom is -0.249 e. The van der Waals surface area contributed by atoms with E-state index in [0.717, 1.165) is 42.3 Å². The van der Waals surface area contributed by atoms with E-state index in [4.69, 9.17) is 11.6 Å². The van der Waals surface area contributed by atoms with Gasteiger partial charge in [0.1, 0.15) is 11.3 Å². The third-order valence-electron chi connectivity index (χ3n) is 3.17. The van der Waals surface area contributed by atoms with E-state index in [0.29, 0.717) is 10.5 Å². The van der Waals surface area contributed by atoms with Gasteiger partial charge in [-0.2, -0.15) is 0 Å². The highest BCUT2D eigenvalue weighted by Crippen LogP contribution is 2.33. The number of hydrogen-bond donors (Lipinski definition) is 0. The van der Waals surface area contributed by atoms with Gasteiger partial charge in [0.25, 0.3) is 0 Å². The highest BCUT2D eigenvalue weighted by atomic mass is 35.5. The molecule has 1 aliphatic rings. The molecule has 0 aliphatic heterocycles. The number of aryl methyl sites for hydroxylation is 1. The van der Waals surface area contributed by atoms with Crippen molar-refractivity contribution in [3.05, 3.63) is 40.3 Å². The first kappa shape index (κ1) is 10.0. The molecule has 0 fully saturated rings. The molecule has 1 nitrogen and oxygen atoms in total. The average molecular weight is 236 g/mol. The molecule has 0 saturated heterocycles. The summed E-state index contributed by atoms with van der Waals surface area (Å²) in [7, 11) is 0. The maximum absolute atomic E-state index is 13.6. The third-order valence-corrected chi connectivity index (χ3v) is 3.61. The summed E-state index contributed by atoms with van der Waals surface area (Å²) in [5, 5.41) is 1.43. The van der Waals surface area contributed by atoms with Crippen LogP contribution in [-0.2, 0) is 12.8 Å². The number of fused-ring (bicyclic) bond motifs is 2. The van der Waals surface area contributed by atoms with E-state index in [9.17, 15) is 4.39 Å². The summed E-state index contributed by atoms with van der Waals surface area (Å²) in [5.74, 6) is -0.284. The standard InChI is InChI=1S/C13H11ClFN/c14-12-8-4-1-2-7-11(8)16-13-9(12)5-3-6-10(13)15/h3,5-6H,1-2,4,7H2. The van der Waals surface area contributed by atoms with Crippen molar-refractivity contribution in [3.63, 3.8) is 0 Å². The second-order valence-electron chi connectivity index (χ2n) is 4.19. The average Bonchev–Trinajstić information content (AvgIpc) is 2.31. The van der Waals surface area contributed by atoms with Gasteiger partial charge in [0.05, 0.1) is 5.02 Å². The van der Waals surface area contributed by atoms with Crippen LogP contribution in [0.15, 0.2) is 18.2 Å². The van der Waals surface area contributed by atoms with Crippen molar-refractivity contribution in [2.75, 3.05) is 0 Å². The number of rotatable bonds is 0. The van der Waals surface area contributed by atoms with Crippen LogP contribution in [0.25, 0.3) is 10.9 Å². The maximum Gasteiger partial charge on any atom is 0.149 e. The number of pyridine rings is 1. The fourth-order valence-electron chi connectivity index (χ4n) is 2.35. The molecule has 1 aromatic heterocycles. The van der Waals surface area contributed by atoms with Crippen LogP contribution in [0.4, 0.5) is 4.39 Å². The number of para-hydroxylation sites is 1. The Morgan fingerprint density at radius 2 is 2.00 bits per heavy atom. The zero-order valence-electron chi connectivity index (χ0n) is 8.76. The zero-order valence-corrected chi connectivity index (χ0v) is 9.52. The Balaban J connectivity index is 2.39. The van der Waals surface area contributed by atoms with Gasteiger partial charge in [0.2, 0.25) is 0 Å². The topological polar surface area (TPSA) is 12.9 Å². The molecule has 1 heterocycles. The quantitative estimate of drug-likeness (QED) is 0.675. The Morgan fingerprint density at radius 3 is 2.88 bits per heavy atom. The molecule has 0 unspecified atom stereocenters. The summed E-state index contributed by atoms with van der Waals surface area (Å²) in [6.07, 6.45) is 4.15. The van der Waals surface area contributed by atoms with Gasteiger partial charge in [-0.05, 0) is 37.3 Å². The molecule has 0 amide bonds. The molecule has 16 heavy (non-hydrogen) atoms. The van der Waals surface area contributed by atoms with Crippen LogP contribution in [0.3, 0.4) is 0 Å². The van der Waals surface area contributed by atoms with E-state index in [1.165, 1.54) is 6.07 Å². The first-order chi connectivity index (χ1) is 7.77. The predicted molar refractivity (Wildman–Crippen MR) is 63.4 cm³/mol. The Labute approximate surface area is 98.3 Å². The van der Waals surface area contributed by atoms with Gasteiger partial charge < -0.3 is 0 Å². The molecule has 0 atom stereocenters. The van der Waals surface area contributed by atoms with E-state index >= 15 is 0 Å². The molecule has 2 aromatic rings. The Morgan fingerprint density at radius 1 is 1.19 bits per heavy atom. The fraction of sp³-hybridized carbons (Fsp3) is 0.308. The van der Waals surface area contributed by atoms with Crippen molar-refractivity contribution >= 4 is 22.5 Å². The highest BCUT2D eigenvalue weighted by Gasteiger charge is 2.17. The largest absolute Gasteiger partial charge is 0.249 e. The number of hydrogen-bond acceptors (Lipinski definition) is 1. The SMILES string of the molecule is Fc1cccc2c(Cl)c3c(nc12)CCCC3. The Bertz CT molecular complexity index is 565. The second-order valence-corrected chi connectivity index (χ2v) is 4.57. The van der Waals surface area contributed by atoms with Crippen molar-refractivity contribution in [1.29, 1.82) is 0 Å². The Kier molecular flexibility index (Phi) is 2.32. The minimum atomic E-state index is -0.284. The van der Waals surface area contributed by atoms with Gasteiger partial charge in [-0.25, -0.2) is 9.37 Å². The van der Waals surface area contributed by atoms with Crippen LogP contribution in [0.1, 0.15) is 24.1 Å². The van der Waals surface area contributed by atoms with Gasteiger partial charge >= 0.3 is 0 Å². The number of benzene rings is 1. The maximum atomic E-state index is 13.6. The lowest BCUT2D eigenvalue weighted by molar-refractivity contribution is 0.632. The monoisotopic (exact) mass is 235 g/mol. The van der Waals surface area contributed by atoms with Gasteiger partial charge in [0.15, 0.2) is 0 Å². The van der Waals surface area contributed by atoms with Gasteiger partial charge in [-0.15, -0.1) is 0 Å². The molecular formula is C13H11ClFN.